The fourth-order valence-corrected chi connectivity index (χ4v) is 5.23. The van der Waals surface area contributed by atoms with Gasteiger partial charge in [-0.15, -0.1) is 0 Å². The van der Waals surface area contributed by atoms with Crippen LogP contribution >= 0.6 is 11.9 Å². The molecule has 0 saturated carbocycles. The first kappa shape index (κ1) is 26.7. The highest BCUT2D eigenvalue weighted by molar-refractivity contribution is 8.00. The Bertz CT molecular complexity index is 1310. The third-order valence-corrected chi connectivity index (χ3v) is 7.72. The molecule has 0 spiro atoms. The maximum absolute atomic E-state index is 12.9. The van der Waals surface area contributed by atoms with E-state index in [9.17, 15) is 4.79 Å². The zero-order chi connectivity index (χ0) is 26.0. The summed E-state index contributed by atoms with van der Waals surface area (Å²) >= 11 is 1.88. The molecule has 192 valence electrons. The lowest BCUT2D eigenvalue weighted by Crippen LogP contribution is -2.15. The van der Waals surface area contributed by atoms with Crippen molar-refractivity contribution >= 4 is 40.1 Å². The SMILES string of the molecule is CCCC.Cc1ccc(NC(=O)c2ccc(N3CCCCCS3)cc2)cc1-c1ccc2ccccc2n1. The summed E-state index contributed by atoms with van der Waals surface area (Å²) in [5.41, 5.74) is 6.60. The van der Waals surface area contributed by atoms with Gasteiger partial charge in [-0.25, -0.2) is 4.98 Å². The smallest absolute Gasteiger partial charge is 0.255 e. The number of carbonyl (C=O) groups is 1. The number of nitrogens with one attached hydrogen (secondary N) is 1. The molecule has 1 aliphatic rings. The van der Waals surface area contributed by atoms with Gasteiger partial charge in [-0.3, -0.25) is 4.79 Å². The number of nitrogens with zero attached hydrogens (tertiary/aromatic N) is 2. The molecule has 4 nitrogen and oxygen atoms in total. The molecule has 0 aliphatic carbocycles. The Morgan fingerprint density at radius 1 is 0.919 bits per heavy atom. The second kappa shape index (κ2) is 13.3. The first-order valence-corrected chi connectivity index (χ1v) is 14.3. The maximum Gasteiger partial charge on any atom is 0.255 e. The molecule has 5 rings (SSSR count). The quantitative estimate of drug-likeness (QED) is 0.272. The van der Waals surface area contributed by atoms with Crippen molar-refractivity contribution in [2.45, 2.75) is 52.9 Å². The van der Waals surface area contributed by atoms with Gasteiger partial charge in [0.05, 0.1) is 11.2 Å². The van der Waals surface area contributed by atoms with Crippen molar-refractivity contribution in [3.8, 4) is 11.3 Å². The molecule has 0 radical (unpaired) electrons. The minimum absolute atomic E-state index is 0.105. The molecule has 0 atom stereocenters. The monoisotopic (exact) mass is 511 g/mol. The summed E-state index contributed by atoms with van der Waals surface area (Å²) in [6.45, 7) is 7.49. The summed E-state index contributed by atoms with van der Waals surface area (Å²) in [6, 6.07) is 26.1. The predicted molar refractivity (Wildman–Crippen MR) is 161 cm³/mol. The van der Waals surface area contributed by atoms with E-state index in [2.05, 4.69) is 42.5 Å². The molecule has 0 bridgehead atoms. The van der Waals surface area contributed by atoms with Crippen LogP contribution in [0.1, 0.15) is 61.9 Å². The summed E-state index contributed by atoms with van der Waals surface area (Å²) in [5, 5.41) is 4.17. The molecule has 37 heavy (non-hydrogen) atoms. The summed E-state index contributed by atoms with van der Waals surface area (Å²) < 4.78 is 2.34. The molecule has 1 aromatic heterocycles. The fraction of sp³-hybridized carbons (Fsp3) is 0.312. The Kier molecular flexibility index (Phi) is 9.61. The number of rotatable bonds is 5. The molecular formula is C32H37N3OS. The van der Waals surface area contributed by atoms with Gasteiger partial charge >= 0.3 is 0 Å². The molecule has 1 amide bonds. The van der Waals surface area contributed by atoms with Gasteiger partial charge in [0.25, 0.3) is 5.91 Å². The van der Waals surface area contributed by atoms with Gasteiger partial charge in [-0.05, 0) is 85.8 Å². The molecule has 3 aromatic carbocycles. The van der Waals surface area contributed by atoms with Crippen LogP contribution in [0.15, 0.2) is 78.9 Å². The standard InChI is InChI=1S/C28H27N3OS.C4H10/c1-20-9-13-23(19-25(20)27-16-12-21-7-3-4-8-26(21)30-27)29-28(32)22-10-14-24(15-11-22)31-17-5-2-6-18-33-31;1-3-4-2/h3-4,7-16,19H,2,5-6,17-18H2,1H3,(H,29,32);3-4H2,1-2H3. The van der Waals surface area contributed by atoms with Crippen LogP contribution in [-0.2, 0) is 0 Å². The zero-order valence-corrected chi connectivity index (χ0v) is 23.0. The maximum atomic E-state index is 12.9. The fourth-order valence-electron chi connectivity index (χ4n) is 4.15. The van der Waals surface area contributed by atoms with E-state index in [0.717, 1.165) is 45.7 Å². The van der Waals surface area contributed by atoms with Crippen molar-refractivity contribution < 1.29 is 4.79 Å². The first-order valence-electron chi connectivity index (χ1n) is 13.4. The average Bonchev–Trinajstić information content (AvgIpc) is 3.24. The van der Waals surface area contributed by atoms with Gasteiger partial charge in [0.15, 0.2) is 0 Å². The van der Waals surface area contributed by atoms with Gasteiger partial charge in [-0.1, -0.05) is 63.4 Å². The number of pyridine rings is 1. The largest absolute Gasteiger partial charge is 0.322 e. The van der Waals surface area contributed by atoms with Gasteiger partial charge in [0, 0.05) is 40.2 Å². The van der Waals surface area contributed by atoms with Crippen LogP contribution in [0.2, 0.25) is 0 Å². The van der Waals surface area contributed by atoms with Crippen molar-refractivity contribution in [3.05, 3.63) is 90.0 Å². The Labute approximate surface area is 225 Å². The highest BCUT2D eigenvalue weighted by atomic mass is 32.2. The molecule has 5 heteroatoms. The highest BCUT2D eigenvalue weighted by Gasteiger charge is 2.13. The Morgan fingerprint density at radius 2 is 1.70 bits per heavy atom. The van der Waals surface area contributed by atoms with Gasteiger partial charge in [0.1, 0.15) is 0 Å². The van der Waals surface area contributed by atoms with Crippen molar-refractivity contribution in [2.24, 2.45) is 0 Å². The number of anilines is 2. The molecule has 1 aliphatic heterocycles. The van der Waals surface area contributed by atoms with Crippen LogP contribution in [-0.4, -0.2) is 23.2 Å². The van der Waals surface area contributed by atoms with Crippen molar-refractivity contribution in [1.29, 1.82) is 0 Å². The summed E-state index contributed by atoms with van der Waals surface area (Å²) in [5.74, 6) is 1.05. The van der Waals surface area contributed by atoms with Crippen molar-refractivity contribution in [1.82, 2.24) is 4.98 Å². The number of fused-ring (bicyclic) bond motifs is 1. The molecule has 2 heterocycles. The number of unbranched alkanes of at least 4 members (excludes halogenated alkanes) is 1. The van der Waals surface area contributed by atoms with E-state index in [1.165, 1.54) is 37.8 Å². The van der Waals surface area contributed by atoms with Crippen LogP contribution in [0.4, 0.5) is 11.4 Å². The summed E-state index contributed by atoms with van der Waals surface area (Å²) in [6.07, 6.45) is 6.42. The summed E-state index contributed by atoms with van der Waals surface area (Å²) in [7, 11) is 0. The Balaban J connectivity index is 0.000000747. The van der Waals surface area contributed by atoms with Gasteiger partial charge in [-0.2, -0.15) is 0 Å². The molecule has 4 aromatic rings. The normalized spacial score (nSPS) is 13.4. The van der Waals surface area contributed by atoms with Crippen molar-refractivity contribution in [2.75, 3.05) is 21.9 Å². The molecule has 1 saturated heterocycles. The van der Waals surface area contributed by atoms with Crippen molar-refractivity contribution in [3.63, 3.8) is 0 Å². The number of aryl methyl sites for hydroxylation is 1. The lowest BCUT2D eigenvalue weighted by molar-refractivity contribution is 0.102. The Hall–Kier alpha value is -3.31. The summed E-state index contributed by atoms with van der Waals surface area (Å²) in [4.78, 5) is 17.7. The number of aromatic nitrogens is 1. The number of benzene rings is 3. The third-order valence-electron chi connectivity index (χ3n) is 6.54. The molecule has 1 fully saturated rings. The highest BCUT2D eigenvalue weighted by Crippen LogP contribution is 2.29. The van der Waals surface area contributed by atoms with E-state index < -0.39 is 0 Å². The van der Waals surface area contributed by atoms with E-state index in [0.29, 0.717) is 5.56 Å². The van der Waals surface area contributed by atoms with Gasteiger partial charge < -0.3 is 9.62 Å². The number of hydrogen-bond acceptors (Lipinski definition) is 4. The lowest BCUT2D eigenvalue weighted by Gasteiger charge is -2.21. The molecule has 1 N–H and O–H groups in total. The minimum atomic E-state index is -0.105. The first-order chi connectivity index (χ1) is 18.1. The van der Waals surface area contributed by atoms with Crippen LogP contribution in [0.3, 0.4) is 0 Å². The molecule has 0 unspecified atom stereocenters. The van der Waals surface area contributed by atoms with Crippen LogP contribution in [0.5, 0.6) is 0 Å². The molecular weight excluding hydrogens is 474 g/mol. The number of para-hydroxylation sites is 1. The number of amides is 1. The van der Waals surface area contributed by atoms with E-state index in [4.69, 9.17) is 4.98 Å². The van der Waals surface area contributed by atoms with Crippen LogP contribution in [0, 0.1) is 6.92 Å². The minimum Gasteiger partial charge on any atom is -0.322 e. The lowest BCUT2D eigenvalue weighted by atomic mass is 10.0. The topological polar surface area (TPSA) is 45.2 Å². The van der Waals surface area contributed by atoms with Crippen LogP contribution < -0.4 is 9.62 Å². The van der Waals surface area contributed by atoms with Crippen LogP contribution in [0.25, 0.3) is 22.2 Å². The second-order valence-corrected chi connectivity index (χ2v) is 10.5. The van der Waals surface area contributed by atoms with E-state index in [1.54, 1.807) is 0 Å². The Morgan fingerprint density at radius 3 is 2.49 bits per heavy atom. The number of carbonyl (C=O) groups excluding carboxylic acids is 1. The zero-order valence-electron chi connectivity index (χ0n) is 22.2. The van der Waals surface area contributed by atoms with Gasteiger partial charge in [0.2, 0.25) is 0 Å². The number of hydrogen-bond donors (Lipinski definition) is 1. The second-order valence-electron chi connectivity index (χ2n) is 9.42. The van der Waals surface area contributed by atoms with E-state index >= 15 is 0 Å². The predicted octanol–water partition coefficient (Wildman–Crippen LogP) is 8.91. The third kappa shape index (κ3) is 7.14. The van der Waals surface area contributed by atoms with E-state index in [1.807, 2.05) is 78.7 Å². The van der Waals surface area contributed by atoms with E-state index in [-0.39, 0.29) is 5.91 Å². The average molecular weight is 512 g/mol.